The van der Waals surface area contributed by atoms with Crippen molar-refractivity contribution < 1.29 is 14.2 Å². The van der Waals surface area contributed by atoms with E-state index in [2.05, 4.69) is 4.98 Å². The Morgan fingerprint density at radius 1 is 1.14 bits per heavy atom. The number of aromatic nitrogens is 1. The Hall–Kier alpha value is -1.49. The third-order valence-corrected chi connectivity index (χ3v) is 3.18. The molecular weight excluding hydrogens is 325 g/mol. The first-order chi connectivity index (χ1) is 10.6. The van der Waals surface area contributed by atoms with E-state index in [1.165, 1.54) is 6.20 Å². The van der Waals surface area contributed by atoms with Crippen molar-refractivity contribution in [3.63, 3.8) is 0 Å². The molecule has 0 aliphatic carbocycles. The van der Waals surface area contributed by atoms with E-state index in [1.54, 1.807) is 18.2 Å². The van der Waals surface area contributed by atoms with Gasteiger partial charge in [-0.15, -0.1) is 0 Å². The summed E-state index contributed by atoms with van der Waals surface area (Å²) < 4.78 is 16.6. The van der Waals surface area contributed by atoms with E-state index in [0.29, 0.717) is 34.9 Å². The monoisotopic (exact) mass is 341 g/mol. The summed E-state index contributed by atoms with van der Waals surface area (Å²) in [7, 11) is 0. The number of benzene rings is 1. The van der Waals surface area contributed by atoms with Crippen LogP contribution in [0.2, 0.25) is 10.0 Å². The number of ether oxygens (including phenoxy) is 3. The van der Waals surface area contributed by atoms with Crippen LogP contribution in [0.1, 0.15) is 13.8 Å². The molecule has 0 N–H and O–H groups in total. The number of pyridine rings is 1. The van der Waals surface area contributed by atoms with Crippen LogP contribution in [-0.2, 0) is 4.74 Å². The molecule has 1 heterocycles. The number of rotatable bonds is 7. The van der Waals surface area contributed by atoms with Gasteiger partial charge in [-0.2, -0.15) is 0 Å². The first-order valence-corrected chi connectivity index (χ1v) is 7.67. The lowest BCUT2D eigenvalue weighted by Crippen LogP contribution is -2.18. The summed E-state index contributed by atoms with van der Waals surface area (Å²) in [5.41, 5.74) is 0. The third-order valence-electron chi connectivity index (χ3n) is 2.71. The lowest BCUT2D eigenvalue weighted by Gasteiger charge is -2.14. The second kappa shape index (κ2) is 8.22. The van der Waals surface area contributed by atoms with Crippen molar-refractivity contribution in [3.05, 3.63) is 46.6 Å². The van der Waals surface area contributed by atoms with Crippen molar-refractivity contribution >= 4 is 23.2 Å². The first-order valence-electron chi connectivity index (χ1n) is 6.92. The van der Waals surface area contributed by atoms with Crippen LogP contribution in [0.25, 0.3) is 0 Å². The maximum atomic E-state index is 6.02. The molecule has 4 nitrogen and oxygen atoms in total. The number of halogens is 2. The molecule has 0 bridgehead atoms. The van der Waals surface area contributed by atoms with Crippen molar-refractivity contribution in [1.29, 1.82) is 0 Å². The van der Waals surface area contributed by atoms with Gasteiger partial charge in [-0.05, 0) is 44.2 Å². The molecule has 118 valence electrons. The molecule has 22 heavy (non-hydrogen) atoms. The second-order valence-electron chi connectivity index (χ2n) is 4.60. The molecule has 1 aromatic heterocycles. The second-order valence-corrected chi connectivity index (χ2v) is 5.45. The SMILES string of the molecule is CCOCC(C)Oc1ccc(Oc2ncc(Cl)cc2Cl)cc1. The first kappa shape index (κ1) is 16.9. The molecule has 1 atom stereocenters. The summed E-state index contributed by atoms with van der Waals surface area (Å²) in [6.45, 7) is 5.14. The molecule has 0 spiro atoms. The molecule has 0 saturated carbocycles. The Bertz CT molecular complexity index is 605. The van der Waals surface area contributed by atoms with Crippen LogP contribution in [0.3, 0.4) is 0 Å². The molecule has 0 fully saturated rings. The predicted octanol–water partition coefficient (Wildman–Crippen LogP) is 4.98. The van der Waals surface area contributed by atoms with Gasteiger partial charge in [0, 0.05) is 12.8 Å². The zero-order valence-electron chi connectivity index (χ0n) is 12.4. The highest BCUT2D eigenvalue weighted by Gasteiger charge is 2.07. The van der Waals surface area contributed by atoms with Crippen LogP contribution in [-0.4, -0.2) is 24.3 Å². The highest BCUT2D eigenvalue weighted by atomic mass is 35.5. The third kappa shape index (κ3) is 5.05. The number of hydrogen-bond donors (Lipinski definition) is 0. The van der Waals surface area contributed by atoms with Gasteiger partial charge in [0.15, 0.2) is 0 Å². The zero-order chi connectivity index (χ0) is 15.9. The molecule has 2 rings (SSSR count). The summed E-state index contributed by atoms with van der Waals surface area (Å²) in [5.74, 6) is 1.67. The molecule has 1 aromatic carbocycles. The van der Waals surface area contributed by atoms with Crippen molar-refractivity contribution in [1.82, 2.24) is 4.98 Å². The largest absolute Gasteiger partial charge is 0.488 e. The van der Waals surface area contributed by atoms with Gasteiger partial charge in [0.2, 0.25) is 5.88 Å². The van der Waals surface area contributed by atoms with Gasteiger partial charge in [-0.3, -0.25) is 0 Å². The molecule has 0 aliphatic rings. The molecule has 0 amide bonds. The number of hydrogen-bond acceptors (Lipinski definition) is 4. The van der Waals surface area contributed by atoms with Gasteiger partial charge < -0.3 is 14.2 Å². The average Bonchev–Trinajstić information content (AvgIpc) is 2.50. The standard InChI is InChI=1S/C16H17Cl2NO3/c1-3-20-10-11(2)21-13-4-6-14(7-5-13)22-16-15(18)8-12(17)9-19-16/h4-9,11H,3,10H2,1-2H3. The van der Waals surface area contributed by atoms with Crippen molar-refractivity contribution in [2.75, 3.05) is 13.2 Å². The average molecular weight is 342 g/mol. The Kier molecular flexibility index (Phi) is 6.31. The van der Waals surface area contributed by atoms with Gasteiger partial charge in [-0.1, -0.05) is 23.2 Å². The summed E-state index contributed by atoms with van der Waals surface area (Å²) in [6, 6.07) is 8.80. The number of nitrogens with zero attached hydrogens (tertiary/aromatic N) is 1. The molecule has 2 aromatic rings. The smallest absolute Gasteiger partial charge is 0.238 e. The fourth-order valence-electron chi connectivity index (χ4n) is 1.73. The maximum Gasteiger partial charge on any atom is 0.238 e. The maximum absolute atomic E-state index is 6.02. The fourth-order valence-corrected chi connectivity index (χ4v) is 2.14. The van der Waals surface area contributed by atoms with E-state index in [1.807, 2.05) is 26.0 Å². The lowest BCUT2D eigenvalue weighted by molar-refractivity contribution is 0.0657. The zero-order valence-corrected chi connectivity index (χ0v) is 13.9. The Morgan fingerprint density at radius 2 is 1.82 bits per heavy atom. The molecule has 0 aliphatic heterocycles. The summed E-state index contributed by atoms with van der Waals surface area (Å²) in [4.78, 5) is 4.04. The van der Waals surface area contributed by atoms with E-state index in [4.69, 9.17) is 37.4 Å². The van der Waals surface area contributed by atoms with Crippen molar-refractivity contribution in [2.24, 2.45) is 0 Å². The molecule has 0 saturated heterocycles. The summed E-state index contributed by atoms with van der Waals surface area (Å²) in [5, 5.41) is 0.822. The van der Waals surface area contributed by atoms with E-state index in [-0.39, 0.29) is 6.10 Å². The van der Waals surface area contributed by atoms with Gasteiger partial charge in [0.05, 0.1) is 11.6 Å². The normalized spacial score (nSPS) is 12.0. The van der Waals surface area contributed by atoms with Crippen LogP contribution < -0.4 is 9.47 Å². The van der Waals surface area contributed by atoms with Gasteiger partial charge in [0.25, 0.3) is 0 Å². The minimum atomic E-state index is -0.0147. The van der Waals surface area contributed by atoms with Gasteiger partial charge >= 0.3 is 0 Å². The van der Waals surface area contributed by atoms with Gasteiger partial charge in [-0.25, -0.2) is 4.98 Å². The van der Waals surface area contributed by atoms with Gasteiger partial charge in [0.1, 0.15) is 22.6 Å². The van der Waals surface area contributed by atoms with E-state index in [9.17, 15) is 0 Å². The Balaban J connectivity index is 1.96. The summed E-state index contributed by atoms with van der Waals surface area (Å²) in [6.07, 6.45) is 1.47. The highest BCUT2D eigenvalue weighted by Crippen LogP contribution is 2.29. The van der Waals surface area contributed by atoms with E-state index < -0.39 is 0 Å². The minimum absolute atomic E-state index is 0.0147. The quantitative estimate of drug-likeness (QED) is 0.711. The molecular formula is C16H17Cl2NO3. The van der Waals surface area contributed by atoms with E-state index >= 15 is 0 Å². The Labute approximate surface area is 139 Å². The molecule has 1 unspecified atom stereocenters. The summed E-state index contributed by atoms with van der Waals surface area (Å²) >= 11 is 11.8. The van der Waals surface area contributed by atoms with Crippen molar-refractivity contribution in [2.45, 2.75) is 20.0 Å². The fraction of sp³-hybridized carbons (Fsp3) is 0.312. The predicted molar refractivity (Wildman–Crippen MR) is 87.4 cm³/mol. The van der Waals surface area contributed by atoms with Crippen molar-refractivity contribution in [3.8, 4) is 17.4 Å². The van der Waals surface area contributed by atoms with Crippen LogP contribution >= 0.6 is 23.2 Å². The molecule has 6 heteroatoms. The van der Waals surface area contributed by atoms with Crippen LogP contribution in [0.4, 0.5) is 0 Å². The van der Waals surface area contributed by atoms with Crippen LogP contribution in [0, 0.1) is 0 Å². The van der Waals surface area contributed by atoms with E-state index in [0.717, 1.165) is 5.75 Å². The highest BCUT2D eigenvalue weighted by molar-refractivity contribution is 6.35. The van der Waals surface area contributed by atoms with Crippen LogP contribution in [0.5, 0.6) is 17.4 Å². The lowest BCUT2D eigenvalue weighted by atomic mass is 10.3. The molecule has 0 radical (unpaired) electrons. The van der Waals surface area contributed by atoms with Crippen LogP contribution in [0.15, 0.2) is 36.5 Å². The minimum Gasteiger partial charge on any atom is -0.488 e. The topological polar surface area (TPSA) is 40.6 Å². The Morgan fingerprint density at radius 3 is 2.45 bits per heavy atom.